The van der Waals surface area contributed by atoms with E-state index >= 15 is 0 Å². The number of nitrogens with zero attached hydrogens (tertiary/aromatic N) is 1. The molecule has 3 nitrogen and oxygen atoms in total. The van der Waals surface area contributed by atoms with Crippen molar-refractivity contribution in [2.75, 3.05) is 23.3 Å². The second kappa shape index (κ2) is 7.95. The lowest BCUT2D eigenvalue weighted by atomic mass is 9.98. The topological polar surface area (TPSA) is 32.3 Å². The number of amides is 1. The summed E-state index contributed by atoms with van der Waals surface area (Å²) >= 11 is 0. The minimum absolute atomic E-state index is 0.0997. The third kappa shape index (κ3) is 4.34. The number of halogens is 1. The molecule has 0 fully saturated rings. The van der Waals surface area contributed by atoms with Crippen LogP contribution in [0, 0.1) is 12.7 Å². The van der Waals surface area contributed by atoms with Gasteiger partial charge in [-0.05, 0) is 49.1 Å². The van der Waals surface area contributed by atoms with Crippen molar-refractivity contribution in [3.05, 3.63) is 59.4 Å². The zero-order valence-corrected chi connectivity index (χ0v) is 14.8. The van der Waals surface area contributed by atoms with Crippen LogP contribution >= 0.6 is 0 Å². The van der Waals surface area contributed by atoms with E-state index in [1.807, 2.05) is 43.0 Å². The molecule has 0 unspecified atom stereocenters. The van der Waals surface area contributed by atoms with Crippen molar-refractivity contribution < 1.29 is 9.18 Å². The summed E-state index contributed by atoms with van der Waals surface area (Å²) in [5.74, 6) is -0.0737. The normalized spacial score (nSPS) is 10.8. The van der Waals surface area contributed by atoms with Gasteiger partial charge in [0.05, 0.1) is 6.54 Å². The van der Waals surface area contributed by atoms with E-state index in [1.165, 1.54) is 12.1 Å². The highest BCUT2D eigenvalue weighted by Crippen LogP contribution is 2.27. The van der Waals surface area contributed by atoms with Gasteiger partial charge in [-0.3, -0.25) is 4.79 Å². The average molecular weight is 328 g/mol. The van der Waals surface area contributed by atoms with E-state index in [4.69, 9.17) is 0 Å². The number of nitrogens with one attached hydrogen (secondary N) is 1. The van der Waals surface area contributed by atoms with Crippen molar-refractivity contribution in [1.29, 1.82) is 0 Å². The first-order valence-corrected chi connectivity index (χ1v) is 8.32. The van der Waals surface area contributed by atoms with E-state index in [9.17, 15) is 9.18 Å². The Morgan fingerprint density at radius 3 is 2.54 bits per heavy atom. The molecular weight excluding hydrogens is 303 g/mol. The maximum Gasteiger partial charge on any atom is 0.243 e. The number of likely N-dealkylation sites (N-methyl/N-ethyl adjacent to an activating group) is 1. The molecule has 2 rings (SSSR count). The molecule has 1 N–H and O–H groups in total. The average Bonchev–Trinajstić information content (AvgIpc) is 2.54. The van der Waals surface area contributed by atoms with Crippen LogP contribution in [0.4, 0.5) is 15.8 Å². The molecule has 1 amide bonds. The molecule has 0 bridgehead atoms. The first-order valence-electron chi connectivity index (χ1n) is 8.32. The van der Waals surface area contributed by atoms with E-state index in [-0.39, 0.29) is 18.3 Å². The SMILES string of the molecule is CCN(CC(=O)Nc1c(C)cccc1C(C)C)c1cccc(F)c1. The molecule has 2 aromatic carbocycles. The van der Waals surface area contributed by atoms with Gasteiger partial charge in [0.1, 0.15) is 5.82 Å². The smallest absolute Gasteiger partial charge is 0.243 e. The van der Waals surface area contributed by atoms with Gasteiger partial charge in [0, 0.05) is 17.9 Å². The summed E-state index contributed by atoms with van der Waals surface area (Å²) in [7, 11) is 0. The van der Waals surface area contributed by atoms with Crippen molar-refractivity contribution in [2.24, 2.45) is 0 Å². The number of hydrogen-bond donors (Lipinski definition) is 1. The number of aryl methyl sites for hydroxylation is 1. The molecule has 2 aromatic rings. The Balaban J connectivity index is 2.16. The van der Waals surface area contributed by atoms with Crippen LogP contribution < -0.4 is 10.2 Å². The van der Waals surface area contributed by atoms with Crippen LogP contribution in [0.1, 0.15) is 37.8 Å². The molecule has 0 aromatic heterocycles. The molecule has 24 heavy (non-hydrogen) atoms. The summed E-state index contributed by atoms with van der Waals surface area (Å²) < 4.78 is 13.4. The lowest BCUT2D eigenvalue weighted by Gasteiger charge is -2.23. The molecule has 0 aliphatic heterocycles. The molecule has 0 spiro atoms. The predicted octanol–water partition coefficient (Wildman–Crippen LogP) is 4.72. The van der Waals surface area contributed by atoms with Crippen LogP contribution in [-0.2, 0) is 4.79 Å². The molecule has 4 heteroatoms. The zero-order valence-electron chi connectivity index (χ0n) is 14.8. The summed E-state index contributed by atoms with van der Waals surface area (Å²) in [5, 5.41) is 3.03. The Morgan fingerprint density at radius 1 is 1.21 bits per heavy atom. The second-order valence-corrected chi connectivity index (χ2v) is 6.24. The third-order valence-corrected chi connectivity index (χ3v) is 4.08. The van der Waals surface area contributed by atoms with Crippen LogP contribution in [0.5, 0.6) is 0 Å². The van der Waals surface area contributed by atoms with E-state index in [0.717, 1.165) is 16.8 Å². The fraction of sp³-hybridized carbons (Fsp3) is 0.350. The molecule has 0 radical (unpaired) electrons. The number of rotatable bonds is 6. The fourth-order valence-electron chi connectivity index (χ4n) is 2.75. The first kappa shape index (κ1) is 18.0. The number of benzene rings is 2. The van der Waals surface area contributed by atoms with E-state index < -0.39 is 0 Å². The van der Waals surface area contributed by atoms with E-state index in [1.54, 1.807) is 6.07 Å². The van der Waals surface area contributed by atoms with Crippen LogP contribution in [0.15, 0.2) is 42.5 Å². The molecule has 128 valence electrons. The lowest BCUT2D eigenvalue weighted by molar-refractivity contribution is -0.115. The molecule has 0 saturated carbocycles. The van der Waals surface area contributed by atoms with Crippen molar-refractivity contribution in [2.45, 2.75) is 33.6 Å². The standard InChI is InChI=1S/C20H25FN2O/c1-5-23(17-10-7-9-16(21)12-17)13-19(24)22-20-15(4)8-6-11-18(20)14(2)3/h6-12,14H,5,13H2,1-4H3,(H,22,24). The van der Waals surface area contributed by atoms with Gasteiger partial charge in [-0.25, -0.2) is 4.39 Å². The van der Waals surface area contributed by atoms with Crippen molar-refractivity contribution >= 4 is 17.3 Å². The Bertz CT molecular complexity index is 713. The van der Waals surface area contributed by atoms with Gasteiger partial charge in [-0.15, -0.1) is 0 Å². The molecule has 0 atom stereocenters. The molecule has 0 aliphatic rings. The minimum Gasteiger partial charge on any atom is -0.362 e. The van der Waals surface area contributed by atoms with Gasteiger partial charge in [-0.2, -0.15) is 0 Å². The van der Waals surface area contributed by atoms with Crippen LogP contribution in [0.25, 0.3) is 0 Å². The van der Waals surface area contributed by atoms with E-state index in [0.29, 0.717) is 18.2 Å². The Kier molecular flexibility index (Phi) is 5.96. The maximum absolute atomic E-state index is 13.4. The number of para-hydroxylation sites is 1. The molecular formula is C20H25FN2O. The summed E-state index contributed by atoms with van der Waals surface area (Å²) in [6.45, 7) is 8.97. The zero-order chi connectivity index (χ0) is 17.7. The van der Waals surface area contributed by atoms with Gasteiger partial charge < -0.3 is 10.2 Å². The van der Waals surface area contributed by atoms with Gasteiger partial charge in [-0.1, -0.05) is 38.1 Å². The predicted molar refractivity (Wildman–Crippen MR) is 98.2 cm³/mol. The highest BCUT2D eigenvalue weighted by Gasteiger charge is 2.15. The highest BCUT2D eigenvalue weighted by atomic mass is 19.1. The summed E-state index contributed by atoms with van der Waals surface area (Å²) in [6.07, 6.45) is 0. The Labute approximate surface area is 143 Å². The highest BCUT2D eigenvalue weighted by molar-refractivity contribution is 5.95. The van der Waals surface area contributed by atoms with Crippen LogP contribution in [0.3, 0.4) is 0 Å². The summed E-state index contributed by atoms with van der Waals surface area (Å²) in [5.41, 5.74) is 3.76. The third-order valence-electron chi connectivity index (χ3n) is 4.08. The van der Waals surface area contributed by atoms with Crippen LogP contribution in [0.2, 0.25) is 0 Å². The largest absolute Gasteiger partial charge is 0.362 e. The van der Waals surface area contributed by atoms with Crippen LogP contribution in [-0.4, -0.2) is 19.0 Å². The van der Waals surface area contributed by atoms with Gasteiger partial charge in [0.2, 0.25) is 5.91 Å². The Morgan fingerprint density at radius 2 is 1.92 bits per heavy atom. The molecule has 0 heterocycles. The second-order valence-electron chi connectivity index (χ2n) is 6.24. The lowest BCUT2D eigenvalue weighted by Crippen LogP contribution is -2.33. The van der Waals surface area contributed by atoms with Crippen molar-refractivity contribution in [3.8, 4) is 0 Å². The van der Waals surface area contributed by atoms with Gasteiger partial charge >= 0.3 is 0 Å². The van der Waals surface area contributed by atoms with Crippen molar-refractivity contribution in [1.82, 2.24) is 0 Å². The van der Waals surface area contributed by atoms with E-state index in [2.05, 4.69) is 19.2 Å². The number of hydrogen-bond acceptors (Lipinski definition) is 2. The number of carbonyl (C=O) groups is 1. The first-order chi connectivity index (χ1) is 11.4. The Hall–Kier alpha value is -2.36. The minimum atomic E-state index is -0.299. The quantitative estimate of drug-likeness (QED) is 0.832. The monoisotopic (exact) mass is 328 g/mol. The maximum atomic E-state index is 13.4. The molecule has 0 saturated heterocycles. The van der Waals surface area contributed by atoms with Gasteiger partial charge in [0.25, 0.3) is 0 Å². The van der Waals surface area contributed by atoms with Crippen molar-refractivity contribution in [3.63, 3.8) is 0 Å². The number of carbonyl (C=O) groups excluding carboxylic acids is 1. The van der Waals surface area contributed by atoms with Gasteiger partial charge in [0.15, 0.2) is 0 Å². The molecule has 0 aliphatic carbocycles. The summed E-state index contributed by atoms with van der Waals surface area (Å²) in [6, 6.07) is 12.4. The fourth-order valence-corrected chi connectivity index (χ4v) is 2.75. The summed E-state index contributed by atoms with van der Waals surface area (Å²) in [4.78, 5) is 14.4. The number of anilines is 2.